The molecule has 0 saturated carbocycles. The second-order valence-electron chi connectivity index (χ2n) is 4.86. The van der Waals surface area contributed by atoms with Gasteiger partial charge in [-0.3, -0.25) is 0 Å². The van der Waals surface area contributed by atoms with E-state index in [2.05, 4.69) is 37.6 Å². The number of nitrogens with one attached hydrogen (secondary N) is 2. The fourth-order valence-corrected chi connectivity index (χ4v) is 2.82. The van der Waals surface area contributed by atoms with Gasteiger partial charge >= 0.3 is 0 Å². The summed E-state index contributed by atoms with van der Waals surface area (Å²) in [5.41, 5.74) is 2.15. The molecule has 2 heterocycles. The number of thiophene rings is 1. The number of rotatable bonds is 4. The molecule has 0 atom stereocenters. The minimum Gasteiger partial charge on any atom is -0.378 e. The lowest BCUT2D eigenvalue weighted by Gasteiger charge is -2.14. The summed E-state index contributed by atoms with van der Waals surface area (Å²) in [4.78, 5) is 12.0. The minimum atomic E-state index is 0.621. The van der Waals surface area contributed by atoms with Gasteiger partial charge in [0.05, 0.1) is 5.39 Å². The molecule has 0 amide bonds. The third kappa shape index (κ3) is 2.75. The summed E-state index contributed by atoms with van der Waals surface area (Å²) in [5.74, 6) is 1.44. The molecular weight excluding hydrogens is 282 g/mol. The highest BCUT2D eigenvalue weighted by molar-refractivity contribution is 7.16. The van der Waals surface area contributed by atoms with Crippen LogP contribution in [-0.4, -0.2) is 31.1 Å². The van der Waals surface area contributed by atoms with E-state index in [0.717, 1.165) is 27.4 Å². The van der Waals surface area contributed by atoms with E-state index in [1.807, 2.05) is 44.7 Å². The van der Waals surface area contributed by atoms with E-state index >= 15 is 0 Å². The summed E-state index contributed by atoms with van der Waals surface area (Å²) in [6.45, 7) is 0. The summed E-state index contributed by atoms with van der Waals surface area (Å²) in [6.07, 6.45) is 0. The Kier molecular flexibility index (Phi) is 3.62. The maximum absolute atomic E-state index is 4.52. The predicted octanol–water partition coefficient (Wildman–Crippen LogP) is 3.54. The summed E-state index contributed by atoms with van der Waals surface area (Å²) in [6, 6.07) is 10.3. The van der Waals surface area contributed by atoms with Crippen molar-refractivity contribution >= 4 is 44.7 Å². The molecule has 6 heteroatoms. The van der Waals surface area contributed by atoms with Gasteiger partial charge in [-0.2, -0.15) is 4.98 Å². The van der Waals surface area contributed by atoms with E-state index in [-0.39, 0.29) is 0 Å². The SMILES string of the molecule is CNc1nc(Nc2cccc(N(C)C)c2)c2ccsc2n1. The van der Waals surface area contributed by atoms with Crippen LogP contribution in [0.4, 0.5) is 23.1 Å². The van der Waals surface area contributed by atoms with Crippen LogP contribution >= 0.6 is 11.3 Å². The number of hydrogen-bond acceptors (Lipinski definition) is 6. The van der Waals surface area contributed by atoms with Crippen LogP contribution in [0.3, 0.4) is 0 Å². The Morgan fingerprint density at radius 1 is 1.14 bits per heavy atom. The van der Waals surface area contributed by atoms with E-state index in [9.17, 15) is 0 Å². The zero-order chi connectivity index (χ0) is 14.8. The highest BCUT2D eigenvalue weighted by Crippen LogP contribution is 2.29. The second kappa shape index (κ2) is 5.57. The van der Waals surface area contributed by atoms with Crippen LogP contribution < -0.4 is 15.5 Å². The van der Waals surface area contributed by atoms with Gasteiger partial charge in [0, 0.05) is 32.5 Å². The molecule has 5 nitrogen and oxygen atoms in total. The number of aromatic nitrogens is 2. The first-order valence-corrected chi connectivity index (χ1v) is 7.53. The maximum atomic E-state index is 4.52. The topological polar surface area (TPSA) is 53.1 Å². The third-order valence-corrected chi connectivity index (χ3v) is 3.98. The van der Waals surface area contributed by atoms with Gasteiger partial charge in [-0.15, -0.1) is 11.3 Å². The van der Waals surface area contributed by atoms with Crippen molar-refractivity contribution in [2.24, 2.45) is 0 Å². The van der Waals surface area contributed by atoms with E-state index in [4.69, 9.17) is 0 Å². The standard InChI is InChI=1S/C15H17N5S/c1-16-15-18-13(12-7-8-21-14(12)19-15)17-10-5-4-6-11(9-10)20(2)3/h4-9H,1-3H3,(H2,16,17,18,19). The van der Waals surface area contributed by atoms with Gasteiger partial charge in [-0.1, -0.05) is 6.07 Å². The molecule has 0 aliphatic rings. The molecule has 0 unspecified atom stereocenters. The quantitative estimate of drug-likeness (QED) is 0.771. The Morgan fingerprint density at radius 3 is 2.76 bits per heavy atom. The molecule has 0 aliphatic heterocycles. The molecule has 108 valence electrons. The lowest BCUT2D eigenvalue weighted by molar-refractivity contribution is 1.13. The van der Waals surface area contributed by atoms with Gasteiger partial charge in [-0.25, -0.2) is 4.98 Å². The van der Waals surface area contributed by atoms with Gasteiger partial charge in [0.2, 0.25) is 5.95 Å². The predicted molar refractivity (Wildman–Crippen MR) is 91.0 cm³/mol. The van der Waals surface area contributed by atoms with E-state index in [1.165, 1.54) is 0 Å². The highest BCUT2D eigenvalue weighted by atomic mass is 32.1. The van der Waals surface area contributed by atoms with Gasteiger partial charge < -0.3 is 15.5 Å². The van der Waals surface area contributed by atoms with Crippen molar-refractivity contribution in [3.8, 4) is 0 Å². The van der Waals surface area contributed by atoms with Gasteiger partial charge in [-0.05, 0) is 29.6 Å². The first-order chi connectivity index (χ1) is 10.2. The van der Waals surface area contributed by atoms with Crippen LogP contribution in [0.25, 0.3) is 10.2 Å². The first-order valence-electron chi connectivity index (χ1n) is 6.65. The summed E-state index contributed by atoms with van der Waals surface area (Å²) >= 11 is 1.61. The average molecular weight is 299 g/mol. The van der Waals surface area contributed by atoms with Crippen molar-refractivity contribution in [1.82, 2.24) is 9.97 Å². The number of hydrogen-bond donors (Lipinski definition) is 2. The number of nitrogens with zero attached hydrogens (tertiary/aromatic N) is 3. The number of fused-ring (bicyclic) bond motifs is 1. The third-order valence-electron chi connectivity index (χ3n) is 3.17. The molecule has 2 aromatic heterocycles. The molecule has 2 N–H and O–H groups in total. The smallest absolute Gasteiger partial charge is 0.225 e. The largest absolute Gasteiger partial charge is 0.378 e. The fourth-order valence-electron chi connectivity index (χ4n) is 2.06. The Labute approximate surface area is 127 Å². The molecular formula is C15H17N5S. The lowest BCUT2D eigenvalue weighted by Crippen LogP contribution is -2.08. The van der Waals surface area contributed by atoms with Crippen molar-refractivity contribution in [1.29, 1.82) is 0 Å². The lowest BCUT2D eigenvalue weighted by atomic mass is 10.2. The molecule has 3 aromatic rings. The van der Waals surface area contributed by atoms with Crippen LogP contribution in [0.15, 0.2) is 35.7 Å². The van der Waals surface area contributed by atoms with Crippen molar-refractivity contribution < 1.29 is 0 Å². The average Bonchev–Trinajstić information content (AvgIpc) is 2.96. The van der Waals surface area contributed by atoms with E-state index in [0.29, 0.717) is 5.95 Å². The first kappa shape index (κ1) is 13.6. The summed E-state index contributed by atoms with van der Waals surface area (Å²) in [7, 11) is 5.88. The molecule has 21 heavy (non-hydrogen) atoms. The minimum absolute atomic E-state index is 0.621. The Hall–Kier alpha value is -2.34. The van der Waals surface area contributed by atoms with Crippen LogP contribution in [0, 0.1) is 0 Å². The second-order valence-corrected chi connectivity index (χ2v) is 5.75. The Balaban J connectivity index is 2.01. The molecule has 0 radical (unpaired) electrons. The number of benzene rings is 1. The van der Waals surface area contributed by atoms with Crippen molar-refractivity contribution in [2.75, 3.05) is 36.7 Å². The highest BCUT2D eigenvalue weighted by Gasteiger charge is 2.09. The molecule has 0 fully saturated rings. The van der Waals surface area contributed by atoms with Crippen LogP contribution in [0.2, 0.25) is 0 Å². The monoisotopic (exact) mass is 299 g/mol. The fraction of sp³-hybridized carbons (Fsp3) is 0.200. The molecule has 0 aliphatic carbocycles. The van der Waals surface area contributed by atoms with Crippen molar-refractivity contribution in [3.63, 3.8) is 0 Å². The normalized spacial score (nSPS) is 10.6. The van der Waals surface area contributed by atoms with Gasteiger partial charge in [0.25, 0.3) is 0 Å². The van der Waals surface area contributed by atoms with Gasteiger partial charge in [0.15, 0.2) is 0 Å². The molecule has 0 spiro atoms. The zero-order valence-electron chi connectivity index (χ0n) is 12.2. The number of anilines is 4. The maximum Gasteiger partial charge on any atom is 0.225 e. The molecule has 0 saturated heterocycles. The summed E-state index contributed by atoms with van der Waals surface area (Å²) in [5, 5.41) is 9.46. The zero-order valence-corrected chi connectivity index (χ0v) is 13.0. The van der Waals surface area contributed by atoms with Crippen molar-refractivity contribution in [3.05, 3.63) is 35.7 Å². The Bertz CT molecular complexity index is 766. The molecule has 0 bridgehead atoms. The van der Waals surface area contributed by atoms with Crippen LogP contribution in [-0.2, 0) is 0 Å². The van der Waals surface area contributed by atoms with E-state index in [1.54, 1.807) is 11.3 Å². The molecule has 3 rings (SSSR count). The van der Waals surface area contributed by atoms with E-state index < -0.39 is 0 Å². The summed E-state index contributed by atoms with van der Waals surface area (Å²) < 4.78 is 0. The van der Waals surface area contributed by atoms with Crippen LogP contribution in [0.1, 0.15) is 0 Å². The van der Waals surface area contributed by atoms with Crippen LogP contribution in [0.5, 0.6) is 0 Å². The van der Waals surface area contributed by atoms with Gasteiger partial charge in [0.1, 0.15) is 10.6 Å². The van der Waals surface area contributed by atoms with Crippen molar-refractivity contribution in [2.45, 2.75) is 0 Å². The Morgan fingerprint density at radius 2 is 2.00 bits per heavy atom. The molecule has 1 aromatic carbocycles.